The van der Waals surface area contributed by atoms with Crippen LogP contribution in [0, 0.1) is 13.8 Å². The van der Waals surface area contributed by atoms with E-state index in [1.54, 1.807) is 13.0 Å². The van der Waals surface area contributed by atoms with Gasteiger partial charge in [-0.25, -0.2) is 4.79 Å². The van der Waals surface area contributed by atoms with Gasteiger partial charge in [-0.15, -0.1) is 0 Å². The number of ether oxygens (including phenoxy) is 2. The van der Waals surface area contributed by atoms with Crippen LogP contribution in [-0.4, -0.2) is 35.4 Å². The Morgan fingerprint density at radius 1 is 1.53 bits per heavy atom. The van der Waals surface area contributed by atoms with Gasteiger partial charge in [0.1, 0.15) is 17.9 Å². The van der Waals surface area contributed by atoms with E-state index in [4.69, 9.17) is 9.47 Å². The van der Waals surface area contributed by atoms with Gasteiger partial charge in [0.05, 0.1) is 11.8 Å². The Bertz CT molecular complexity index is 467. The van der Waals surface area contributed by atoms with E-state index in [0.29, 0.717) is 18.1 Å². The smallest absolute Gasteiger partial charge is 0.341 e. The molecule has 2 heterocycles. The largest absolute Gasteiger partial charge is 0.490 e. The van der Waals surface area contributed by atoms with Crippen LogP contribution in [0.2, 0.25) is 0 Å². The van der Waals surface area contributed by atoms with Crippen LogP contribution < -0.4 is 4.74 Å². The van der Waals surface area contributed by atoms with Crippen LogP contribution in [0.25, 0.3) is 0 Å². The van der Waals surface area contributed by atoms with Crippen molar-refractivity contribution in [3.8, 4) is 5.75 Å². The number of rotatable bonds is 4. The molecule has 0 spiro atoms. The standard InChI is InChI=1S/C14H19NO4/c1-9-7-12(13(14(16)17)10(2)15-9)19-8-11-5-3-4-6-18-11/h7,11H,3-6,8H2,1-2H3,(H,16,17). The van der Waals surface area contributed by atoms with Gasteiger partial charge in [0, 0.05) is 18.4 Å². The van der Waals surface area contributed by atoms with E-state index in [-0.39, 0.29) is 11.7 Å². The van der Waals surface area contributed by atoms with Gasteiger partial charge in [-0.3, -0.25) is 4.98 Å². The summed E-state index contributed by atoms with van der Waals surface area (Å²) < 4.78 is 11.2. The summed E-state index contributed by atoms with van der Waals surface area (Å²) in [5, 5.41) is 9.22. The highest BCUT2D eigenvalue weighted by atomic mass is 16.5. The molecule has 19 heavy (non-hydrogen) atoms. The summed E-state index contributed by atoms with van der Waals surface area (Å²) in [7, 11) is 0. The Balaban J connectivity index is 2.12. The molecule has 0 saturated carbocycles. The third-order valence-electron chi connectivity index (χ3n) is 3.20. The molecule has 0 aliphatic carbocycles. The van der Waals surface area contributed by atoms with Crippen molar-refractivity contribution >= 4 is 5.97 Å². The molecule has 2 rings (SSSR count). The molecule has 0 radical (unpaired) electrons. The summed E-state index contributed by atoms with van der Waals surface area (Å²) in [6.07, 6.45) is 3.24. The predicted octanol–water partition coefficient (Wildman–Crippen LogP) is 2.34. The molecule has 1 aliphatic heterocycles. The topological polar surface area (TPSA) is 68.7 Å². The quantitative estimate of drug-likeness (QED) is 0.905. The van der Waals surface area contributed by atoms with Crippen LogP contribution in [0.15, 0.2) is 6.07 Å². The van der Waals surface area contributed by atoms with Crippen LogP contribution >= 0.6 is 0 Å². The number of aryl methyl sites for hydroxylation is 2. The maximum absolute atomic E-state index is 11.3. The van der Waals surface area contributed by atoms with E-state index < -0.39 is 5.97 Å². The van der Waals surface area contributed by atoms with Crippen molar-refractivity contribution in [1.29, 1.82) is 0 Å². The summed E-state index contributed by atoms with van der Waals surface area (Å²) in [6, 6.07) is 1.67. The molecule has 1 aliphatic rings. The Kier molecular flexibility index (Phi) is 4.37. The van der Waals surface area contributed by atoms with Crippen molar-refractivity contribution < 1.29 is 19.4 Å². The molecule has 1 unspecified atom stereocenters. The van der Waals surface area contributed by atoms with Gasteiger partial charge in [0.25, 0.3) is 0 Å². The van der Waals surface area contributed by atoms with Gasteiger partial charge in [0.15, 0.2) is 0 Å². The second kappa shape index (κ2) is 6.02. The van der Waals surface area contributed by atoms with Crippen molar-refractivity contribution in [3.63, 3.8) is 0 Å². The van der Waals surface area contributed by atoms with Crippen molar-refractivity contribution in [3.05, 3.63) is 23.0 Å². The first kappa shape index (κ1) is 13.8. The molecule has 1 fully saturated rings. The number of aromatic nitrogens is 1. The first-order valence-corrected chi connectivity index (χ1v) is 6.54. The molecule has 104 valence electrons. The summed E-state index contributed by atoms with van der Waals surface area (Å²) >= 11 is 0. The predicted molar refractivity (Wildman–Crippen MR) is 69.8 cm³/mol. The molecule has 0 amide bonds. The lowest BCUT2D eigenvalue weighted by atomic mass is 10.1. The Morgan fingerprint density at radius 2 is 2.32 bits per heavy atom. The summed E-state index contributed by atoms with van der Waals surface area (Å²) in [5.74, 6) is -0.628. The zero-order valence-corrected chi connectivity index (χ0v) is 11.3. The number of nitrogens with zero attached hydrogens (tertiary/aromatic N) is 1. The van der Waals surface area contributed by atoms with Crippen LogP contribution in [0.4, 0.5) is 0 Å². The number of carboxylic acid groups (broad SMARTS) is 1. The molecule has 1 aromatic heterocycles. The van der Waals surface area contributed by atoms with Crippen LogP contribution in [-0.2, 0) is 4.74 Å². The number of aromatic carboxylic acids is 1. The third kappa shape index (κ3) is 3.44. The first-order valence-electron chi connectivity index (χ1n) is 6.54. The van der Waals surface area contributed by atoms with Gasteiger partial charge in [0.2, 0.25) is 0 Å². The molecule has 5 nitrogen and oxygen atoms in total. The van der Waals surface area contributed by atoms with Gasteiger partial charge in [-0.2, -0.15) is 0 Å². The van der Waals surface area contributed by atoms with Gasteiger partial charge in [-0.1, -0.05) is 0 Å². The fraction of sp³-hybridized carbons (Fsp3) is 0.571. The molecule has 1 saturated heterocycles. The maximum atomic E-state index is 11.3. The van der Waals surface area contributed by atoms with Gasteiger partial charge in [-0.05, 0) is 33.1 Å². The minimum absolute atomic E-state index is 0.0594. The average Bonchev–Trinajstić information content (AvgIpc) is 2.36. The van der Waals surface area contributed by atoms with E-state index in [1.165, 1.54) is 0 Å². The highest BCUT2D eigenvalue weighted by Crippen LogP contribution is 2.23. The summed E-state index contributed by atoms with van der Waals surface area (Å²) in [4.78, 5) is 15.4. The van der Waals surface area contributed by atoms with E-state index in [1.807, 2.05) is 6.92 Å². The number of hydrogen-bond acceptors (Lipinski definition) is 4. The minimum atomic E-state index is -1.01. The van der Waals surface area contributed by atoms with Crippen LogP contribution in [0.1, 0.15) is 41.0 Å². The third-order valence-corrected chi connectivity index (χ3v) is 3.20. The molecule has 1 aromatic rings. The van der Waals surface area contributed by atoms with Gasteiger partial charge >= 0.3 is 5.97 Å². The fourth-order valence-corrected chi connectivity index (χ4v) is 2.29. The Hall–Kier alpha value is -1.62. The number of carbonyl (C=O) groups is 1. The Labute approximate surface area is 112 Å². The molecular formula is C14H19NO4. The zero-order valence-electron chi connectivity index (χ0n) is 11.3. The molecule has 0 aromatic carbocycles. The molecule has 1 N–H and O–H groups in total. The average molecular weight is 265 g/mol. The number of carboxylic acids is 1. The highest BCUT2D eigenvalue weighted by molar-refractivity contribution is 5.92. The molecule has 5 heteroatoms. The monoisotopic (exact) mass is 265 g/mol. The second-order valence-corrected chi connectivity index (χ2v) is 4.83. The summed E-state index contributed by atoms with van der Waals surface area (Å²) in [6.45, 7) is 4.65. The molecular weight excluding hydrogens is 246 g/mol. The highest BCUT2D eigenvalue weighted by Gasteiger charge is 2.19. The first-order chi connectivity index (χ1) is 9.08. The second-order valence-electron chi connectivity index (χ2n) is 4.83. The van der Waals surface area contributed by atoms with E-state index in [2.05, 4.69) is 4.98 Å². The molecule has 1 atom stereocenters. The minimum Gasteiger partial charge on any atom is -0.490 e. The lowest BCUT2D eigenvalue weighted by Gasteiger charge is -2.23. The van der Waals surface area contributed by atoms with E-state index in [0.717, 1.165) is 31.6 Å². The van der Waals surface area contributed by atoms with E-state index in [9.17, 15) is 9.90 Å². The summed E-state index contributed by atoms with van der Waals surface area (Å²) in [5.41, 5.74) is 1.37. The fourth-order valence-electron chi connectivity index (χ4n) is 2.29. The molecule has 0 bridgehead atoms. The van der Waals surface area contributed by atoms with Gasteiger partial charge < -0.3 is 14.6 Å². The normalized spacial score (nSPS) is 19.2. The van der Waals surface area contributed by atoms with E-state index >= 15 is 0 Å². The van der Waals surface area contributed by atoms with Crippen molar-refractivity contribution in [1.82, 2.24) is 4.98 Å². The Morgan fingerprint density at radius 3 is 2.95 bits per heavy atom. The van der Waals surface area contributed by atoms with Crippen LogP contribution in [0.3, 0.4) is 0 Å². The lowest BCUT2D eigenvalue weighted by Crippen LogP contribution is -2.26. The SMILES string of the molecule is Cc1cc(OCC2CCCCO2)c(C(=O)O)c(C)n1. The number of pyridine rings is 1. The van der Waals surface area contributed by atoms with Crippen molar-refractivity contribution in [2.75, 3.05) is 13.2 Å². The van der Waals surface area contributed by atoms with Crippen molar-refractivity contribution in [2.45, 2.75) is 39.2 Å². The maximum Gasteiger partial charge on any atom is 0.341 e. The van der Waals surface area contributed by atoms with Crippen LogP contribution in [0.5, 0.6) is 5.75 Å². The van der Waals surface area contributed by atoms with Crippen molar-refractivity contribution in [2.24, 2.45) is 0 Å². The lowest BCUT2D eigenvalue weighted by molar-refractivity contribution is -0.0113. The number of hydrogen-bond donors (Lipinski definition) is 1. The zero-order chi connectivity index (χ0) is 13.8.